The second-order valence-corrected chi connectivity index (χ2v) is 8.79. The van der Waals surface area contributed by atoms with Gasteiger partial charge in [0.05, 0.1) is 24.6 Å². The van der Waals surface area contributed by atoms with Crippen LogP contribution >= 0.6 is 11.8 Å². The maximum absolute atomic E-state index is 13.6. The third-order valence-corrected chi connectivity index (χ3v) is 6.80. The molecule has 0 bridgehead atoms. The lowest BCUT2D eigenvalue weighted by molar-refractivity contribution is -0.117. The number of carbonyl (C=O) groups is 1. The summed E-state index contributed by atoms with van der Waals surface area (Å²) in [5.41, 5.74) is 2.75. The van der Waals surface area contributed by atoms with Crippen LogP contribution in [-0.2, 0) is 11.8 Å². The molecule has 0 radical (unpaired) electrons. The maximum atomic E-state index is 13.6. The smallest absolute Gasteiger partial charge is 0.238 e. The van der Waals surface area contributed by atoms with Gasteiger partial charge in [0.1, 0.15) is 18.1 Å². The molecule has 0 saturated carbocycles. The molecule has 172 valence electrons. The average Bonchev–Trinajstić information content (AvgIpc) is 3.27. The number of thioether (sulfide) groups is 1. The number of para-hydroxylation sites is 2. The molecule has 34 heavy (non-hydrogen) atoms. The molecule has 1 aliphatic heterocycles. The van der Waals surface area contributed by atoms with E-state index in [1.54, 1.807) is 7.11 Å². The molecule has 4 aromatic rings. The number of hydrogen-bond donors (Lipinski definition) is 0. The Morgan fingerprint density at radius 1 is 1.03 bits per heavy atom. The van der Waals surface area contributed by atoms with Crippen LogP contribution in [0.2, 0.25) is 0 Å². The Kier molecular flexibility index (Phi) is 6.22. The second-order valence-electron chi connectivity index (χ2n) is 7.85. The summed E-state index contributed by atoms with van der Waals surface area (Å²) in [5.74, 6) is 2.45. The Labute approximate surface area is 202 Å². The zero-order valence-electron chi connectivity index (χ0n) is 18.9. The van der Waals surface area contributed by atoms with Gasteiger partial charge in [-0.2, -0.15) is 0 Å². The first kappa shape index (κ1) is 22.0. The number of anilines is 1. The molecule has 3 aromatic carbocycles. The minimum atomic E-state index is -0.196. The van der Waals surface area contributed by atoms with Gasteiger partial charge in [0, 0.05) is 12.6 Å². The highest BCUT2D eigenvalue weighted by molar-refractivity contribution is 7.99. The predicted molar refractivity (Wildman–Crippen MR) is 132 cm³/mol. The van der Waals surface area contributed by atoms with Gasteiger partial charge in [-0.1, -0.05) is 54.2 Å². The summed E-state index contributed by atoms with van der Waals surface area (Å²) in [6.07, 6.45) is 0. The molecule has 0 fully saturated rings. The molecule has 1 atom stereocenters. The summed E-state index contributed by atoms with van der Waals surface area (Å²) < 4.78 is 13.1. The van der Waals surface area contributed by atoms with Gasteiger partial charge in [-0.05, 0) is 42.0 Å². The molecule has 0 spiro atoms. The average molecular weight is 473 g/mol. The molecular weight excluding hydrogens is 448 g/mol. The maximum Gasteiger partial charge on any atom is 0.238 e. The predicted octanol–water partition coefficient (Wildman–Crippen LogP) is 4.75. The van der Waals surface area contributed by atoms with Crippen LogP contribution in [0.1, 0.15) is 11.6 Å². The second kappa shape index (κ2) is 9.61. The highest BCUT2D eigenvalue weighted by Gasteiger charge is 2.33. The van der Waals surface area contributed by atoms with Crippen LogP contribution in [0.3, 0.4) is 0 Å². The summed E-state index contributed by atoms with van der Waals surface area (Å²) in [5, 5.41) is 9.34. The van der Waals surface area contributed by atoms with Crippen molar-refractivity contribution in [2.45, 2.75) is 11.2 Å². The number of aromatic nitrogens is 3. The van der Waals surface area contributed by atoms with E-state index in [1.165, 1.54) is 11.8 Å². The van der Waals surface area contributed by atoms with E-state index in [9.17, 15) is 4.79 Å². The van der Waals surface area contributed by atoms with E-state index in [2.05, 4.69) is 10.2 Å². The van der Waals surface area contributed by atoms with Crippen LogP contribution in [0.15, 0.2) is 84.0 Å². The molecular formula is C26H24N4O3S. The minimum absolute atomic E-state index is 0.0106. The normalized spacial score (nSPS) is 14.9. The Morgan fingerprint density at radius 3 is 2.53 bits per heavy atom. The Hall–Kier alpha value is -3.78. The first-order valence-electron chi connectivity index (χ1n) is 10.9. The van der Waals surface area contributed by atoms with Gasteiger partial charge >= 0.3 is 0 Å². The fraction of sp³-hybridized carbons (Fsp3) is 0.192. The van der Waals surface area contributed by atoms with Crippen LogP contribution in [0.25, 0.3) is 11.4 Å². The Morgan fingerprint density at radius 2 is 1.76 bits per heavy atom. The van der Waals surface area contributed by atoms with Crippen molar-refractivity contribution in [2.75, 3.05) is 24.4 Å². The Bertz CT molecular complexity index is 1290. The quantitative estimate of drug-likeness (QED) is 0.377. The highest BCUT2D eigenvalue weighted by Crippen LogP contribution is 2.40. The van der Waals surface area contributed by atoms with Gasteiger partial charge in [0.15, 0.2) is 11.0 Å². The van der Waals surface area contributed by atoms with Crippen LogP contribution in [-0.4, -0.2) is 40.1 Å². The molecule has 7 nitrogen and oxygen atoms in total. The number of methoxy groups -OCH3 is 1. The van der Waals surface area contributed by atoms with E-state index in [0.29, 0.717) is 17.5 Å². The number of hydrogen-bond acceptors (Lipinski definition) is 6. The van der Waals surface area contributed by atoms with Crippen LogP contribution in [0.4, 0.5) is 5.69 Å². The third-order valence-electron chi connectivity index (χ3n) is 5.79. The molecule has 2 heterocycles. The molecule has 0 N–H and O–H groups in total. The van der Waals surface area contributed by atoms with Gasteiger partial charge in [-0.25, -0.2) is 0 Å². The lowest BCUT2D eigenvalue weighted by Crippen LogP contribution is -2.42. The lowest BCUT2D eigenvalue weighted by Gasteiger charge is -2.37. The summed E-state index contributed by atoms with van der Waals surface area (Å²) in [4.78, 5) is 15.4. The van der Waals surface area contributed by atoms with E-state index in [4.69, 9.17) is 9.47 Å². The van der Waals surface area contributed by atoms with Crippen molar-refractivity contribution in [3.05, 3.63) is 84.4 Å². The monoisotopic (exact) mass is 472 g/mol. The van der Waals surface area contributed by atoms with E-state index in [-0.39, 0.29) is 17.7 Å². The first-order chi connectivity index (χ1) is 16.7. The zero-order chi connectivity index (χ0) is 23.5. The lowest BCUT2D eigenvalue weighted by atomic mass is 10.0. The van der Waals surface area contributed by atoms with Gasteiger partial charge in [-0.15, -0.1) is 10.2 Å². The fourth-order valence-electron chi connectivity index (χ4n) is 4.05. The summed E-state index contributed by atoms with van der Waals surface area (Å²) in [7, 11) is 3.54. The third kappa shape index (κ3) is 4.24. The number of ether oxygens (including phenoxy) is 2. The first-order valence-corrected chi connectivity index (χ1v) is 11.9. The molecule has 8 heteroatoms. The van der Waals surface area contributed by atoms with Crippen molar-refractivity contribution < 1.29 is 14.3 Å². The van der Waals surface area contributed by atoms with Crippen molar-refractivity contribution in [1.29, 1.82) is 0 Å². The molecule has 5 rings (SSSR count). The molecule has 1 aromatic heterocycles. The van der Waals surface area contributed by atoms with Crippen LogP contribution in [0, 0.1) is 0 Å². The van der Waals surface area contributed by atoms with Crippen LogP contribution in [0.5, 0.6) is 11.5 Å². The highest BCUT2D eigenvalue weighted by atomic mass is 32.2. The summed E-state index contributed by atoms with van der Waals surface area (Å²) >= 11 is 1.38. The van der Waals surface area contributed by atoms with E-state index in [0.717, 1.165) is 28.4 Å². The van der Waals surface area contributed by atoms with Crippen molar-refractivity contribution >= 4 is 23.4 Å². The molecule has 1 unspecified atom stereocenters. The molecule has 0 aliphatic carbocycles. The zero-order valence-corrected chi connectivity index (χ0v) is 19.7. The van der Waals surface area contributed by atoms with Gasteiger partial charge in [-0.3, -0.25) is 9.69 Å². The number of benzene rings is 3. The van der Waals surface area contributed by atoms with Crippen molar-refractivity contribution in [2.24, 2.45) is 7.05 Å². The number of carbonyl (C=O) groups excluding carboxylic acids is 1. The van der Waals surface area contributed by atoms with Gasteiger partial charge < -0.3 is 14.0 Å². The minimum Gasteiger partial charge on any atom is -0.497 e. The van der Waals surface area contributed by atoms with E-state index >= 15 is 0 Å². The van der Waals surface area contributed by atoms with Gasteiger partial charge in [0.2, 0.25) is 5.91 Å². The number of fused-ring (bicyclic) bond motifs is 1. The molecule has 0 saturated heterocycles. The SMILES string of the molecule is COc1ccc(-c2nnc(SCC(=O)N3c4ccccc4OCC3c3ccccc3)n2C)cc1. The van der Waals surface area contributed by atoms with E-state index in [1.807, 2.05) is 95.4 Å². The molecule has 1 aliphatic rings. The Balaban J connectivity index is 1.37. The van der Waals surface area contributed by atoms with Crippen molar-refractivity contribution in [3.63, 3.8) is 0 Å². The van der Waals surface area contributed by atoms with Crippen molar-refractivity contribution in [3.8, 4) is 22.9 Å². The van der Waals surface area contributed by atoms with Crippen molar-refractivity contribution in [1.82, 2.24) is 14.8 Å². The topological polar surface area (TPSA) is 69.5 Å². The van der Waals surface area contributed by atoms with Crippen LogP contribution < -0.4 is 14.4 Å². The number of nitrogens with zero attached hydrogens (tertiary/aromatic N) is 4. The summed E-state index contributed by atoms with van der Waals surface area (Å²) in [6.45, 7) is 0.406. The number of amides is 1. The van der Waals surface area contributed by atoms with Gasteiger partial charge in [0.25, 0.3) is 0 Å². The standard InChI is InChI=1S/C26H24N4O3S/c1-29-25(19-12-14-20(32-2)15-13-19)27-28-26(29)34-17-24(31)30-21-10-6-7-11-23(21)33-16-22(30)18-8-4-3-5-9-18/h3-15,22H,16-17H2,1-2H3. The number of rotatable bonds is 6. The van der Waals surface area contributed by atoms with E-state index < -0.39 is 0 Å². The molecule has 1 amide bonds. The summed E-state index contributed by atoms with van der Waals surface area (Å²) in [6, 6.07) is 25.1. The largest absolute Gasteiger partial charge is 0.497 e. The fourth-order valence-corrected chi connectivity index (χ4v) is 4.82.